The summed E-state index contributed by atoms with van der Waals surface area (Å²) in [5.74, 6) is -1.53. The molecular formula is C33H54N4O8S2. The Balaban J connectivity index is 1.81. The third-order valence-corrected chi connectivity index (χ3v) is 11.7. The second-order valence-corrected chi connectivity index (χ2v) is 17.4. The van der Waals surface area contributed by atoms with E-state index in [9.17, 15) is 28.8 Å². The molecular weight excluding hydrogens is 645 g/mol. The van der Waals surface area contributed by atoms with Crippen LogP contribution in [0.25, 0.3) is 0 Å². The number of ether oxygens (including phenoxy) is 2. The van der Waals surface area contributed by atoms with Crippen molar-refractivity contribution in [1.29, 1.82) is 0 Å². The summed E-state index contributed by atoms with van der Waals surface area (Å²) in [6.45, 7) is 10.9. The van der Waals surface area contributed by atoms with Gasteiger partial charge in [-0.1, -0.05) is 46.5 Å². The van der Waals surface area contributed by atoms with Crippen molar-refractivity contribution in [2.75, 3.05) is 31.2 Å². The summed E-state index contributed by atoms with van der Waals surface area (Å²) in [5.41, 5.74) is -0.749. The number of ketones is 1. The van der Waals surface area contributed by atoms with Gasteiger partial charge in [0.2, 0.25) is 17.6 Å². The summed E-state index contributed by atoms with van der Waals surface area (Å²) in [6.07, 6.45) is 6.01. The second kappa shape index (κ2) is 17.8. The molecule has 0 aromatic rings. The Hall–Kier alpha value is -2.48. The molecule has 1 aliphatic carbocycles. The summed E-state index contributed by atoms with van der Waals surface area (Å²) in [4.78, 5) is 81.0. The van der Waals surface area contributed by atoms with Crippen LogP contribution in [-0.4, -0.2) is 99.5 Å². The molecule has 0 radical (unpaired) electrons. The lowest BCUT2D eigenvalue weighted by molar-refractivity contribution is -0.155. The molecule has 3 rings (SSSR count). The first-order chi connectivity index (χ1) is 22.1. The van der Waals surface area contributed by atoms with E-state index in [1.54, 1.807) is 49.2 Å². The number of carbonyl (C=O) groups excluding carboxylic acids is 6. The number of nitrogens with zero attached hydrogens (tertiary/aromatic N) is 1. The van der Waals surface area contributed by atoms with Crippen LogP contribution in [-0.2, 0) is 33.4 Å². The lowest BCUT2D eigenvalue weighted by Gasteiger charge is -2.35. The van der Waals surface area contributed by atoms with E-state index < -0.39 is 59.9 Å². The molecule has 3 aliphatic rings. The number of Topliss-reactive ketones (excluding diaryl/α,β-unsaturated/α-hetero) is 1. The molecule has 0 aromatic carbocycles. The number of thioether (sulfide) groups is 2. The predicted molar refractivity (Wildman–Crippen MR) is 183 cm³/mol. The highest BCUT2D eigenvalue weighted by atomic mass is 32.2. The molecule has 14 heteroatoms. The molecule has 266 valence electrons. The summed E-state index contributed by atoms with van der Waals surface area (Å²) >= 11 is 3.49. The normalized spacial score (nSPS) is 21.1. The number of nitrogens with one attached hydrogen (secondary N) is 3. The van der Waals surface area contributed by atoms with Gasteiger partial charge in [0.25, 0.3) is 5.91 Å². The van der Waals surface area contributed by atoms with Crippen molar-refractivity contribution in [1.82, 2.24) is 20.9 Å². The van der Waals surface area contributed by atoms with Crippen LogP contribution in [0.4, 0.5) is 4.79 Å². The van der Waals surface area contributed by atoms with Gasteiger partial charge in [0, 0.05) is 13.0 Å². The molecule has 2 aliphatic heterocycles. The summed E-state index contributed by atoms with van der Waals surface area (Å²) < 4.78 is 10.2. The standard InChI is InChI=1S/C33H54N4O8S2/c1-7-12-23(27(39)29(41)34-18-25(38)45-32(4,5)6)35-28(40)24-17-33(46-15-11-16-47-33)20-37(24)30(42)26(22-13-9-8-10-14-22)36-31(43)44-19-21(2)3/h21-24,26H,7-20H2,1-6H3,(H,34,41)(H,35,40)(H,36,43). The second-order valence-electron chi connectivity index (χ2n) is 14.1. The third kappa shape index (κ3) is 11.9. The minimum atomic E-state index is -1.13. The minimum absolute atomic E-state index is 0.0853. The van der Waals surface area contributed by atoms with Gasteiger partial charge in [0.1, 0.15) is 24.2 Å². The molecule has 0 bridgehead atoms. The van der Waals surface area contributed by atoms with Crippen LogP contribution in [0.2, 0.25) is 0 Å². The van der Waals surface area contributed by atoms with Crippen molar-refractivity contribution in [3.63, 3.8) is 0 Å². The predicted octanol–water partition coefficient (Wildman–Crippen LogP) is 3.80. The van der Waals surface area contributed by atoms with E-state index in [2.05, 4.69) is 16.0 Å². The van der Waals surface area contributed by atoms with E-state index in [-0.39, 0.29) is 34.8 Å². The van der Waals surface area contributed by atoms with Gasteiger partial charge in [0.05, 0.1) is 16.7 Å². The topological polar surface area (TPSA) is 160 Å². The van der Waals surface area contributed by atoms with Crippen LogP contribution in [0.5, 0.6) is 0 Å². The minimum Gasteiger partial charge on any atom is -0.459 e. The van der Waals surface area contributed by atoms with E-state index in [1.165, 1.54) is 0 Å². The highest BCUT2D eigenvalue weighted by molar-refractivity contribution is 8.18. The number of amides is 4. The average molecular weight is 699 g/mol. The molecule has 3 N–H and O–H groups in total. The quantitative estimate of drug-likeness (QED) is 0.191. The number of hydrogen-bond donors (Lipinski definition) is 3. The van der Waals surface area contributed by atoms with E-state index in [0.29, 0.717) is 19.4 Å². The zero-order valence-corrected chi connectivity index (χ0v) is 30.4. The van der Waals surface area contributed by atoms with Gasteiger partial charge in [-0.2, -0.15) is 0 Å². The highest BCUT2D eigenvalue weighted by Crippen LogP contribution is 2.50. The molecule has 47 heavy (non-hydrogen) atoms. The van der Waals surface area contributed by atoms with Crippen molar-refractivity contribution >= 4 is 59.1 Å². The number of carbonyl (C=O) groups is 6. The van der Waals surface area contributed by atoms with Crippen LogP contribution in [0.3, 0.4) is 0 Å². The molecule has 3 unspecified atom stereocenters. The fourth-order valence-electron chi connectivity index (χ4n) is 6.17. The fourth-order valence-corrected chi connectivity index (χ4v) is 9.52. The molecule has 1 saturated carbocycles. The van der Waals surface area contributed by atoms with Crippen molar-refractivity contribution in [3.05, 3.63) is 0 Å². The Kier molecular flexibility index (Phi) is 14.7. The SMILES string of the molecule is CCCC(NC(=O)C1CC2(CN1C(=O)C(NC(=O)OCC(C)C)C1CCCCC1)SCCCS2)C(=O)C(=O)NCC(=O)OC(C)(C)C. The van der Waals surface area contributed by atoms with E-state index >= 15 is 0 Å². The summed E-state index contributed by atoms with van der Waals surface area (Å²) in [7, 11) is 0. The summed E-state index contributed by atoms with van der Waals surface area (Å²) in [5, 5.41) is 7.94. The first-order valence-corrected chi connectivity index (χ1v) is 19.0. The Morgan fingerprint density at radius 2 is 1.62 bits per heavy atom. The lowest BCUT2D eigenvalue weighted by atomic mass is 9.83. The van der Waals surface area contributed by atoms with Gasteiger partial charge in [0.15, 0.2) is 0 Å². The van der Waals surface area contributed by atoms with Gasteiger partial charge in [-0.05, 0) is 69.8 Å². The summed E-state index contributed by atoms with van der Waals surface area (Å²) in [6, 6.07) is -2.87. The fraction of sp³-hybridized carbons (Fsp3) is 0.818. The number of hydrogen-bond acceptors (Lipinski definition) is 10. The smallest absolute Gasteiger partial charge is 0.407 e. The van der Waals surface area contributed by atoms with Crippen molar-refractivity contribution in [2.24, 2.45) is 11.8 Å². The van der Waals surface area contributed by atoms with Crippen molar-refractivity contribution in [3.8, 4) is 0 Å². The highest BCUT2D eigenvalue weighted by Gasteiger charge is 2.52. The van der Waals surface area contributed by atoms with Gasteiger partial charge >= 0.3 is 12.1 Å². The Labute approximate surface area is 287 Å². The van der Waals surface area contributed by atoms with Crippen LogP contribution in [0, 0.1) is 11.8 Å². The lowest BCUT2D eigenvalue weighted by Crippen LogP contribution is -2.58. The van der Waals surface area contributed by atoms with Crippen LogP contribution < -0.4 is 16.0 Å². The number of likely N-dealkylation sites (tertiary alicyclic amines) is 1. The molecule has 3 fully saturated rings. The van der Waals surface area contributed by atoms with Crippen LogP contribution >= 0.6 is 23.5 Å². The van der Waals surface area contributed by atoms with Gasteiger partial charge < -0.3 is 30.3 Å². The zero-order chi connectivity index (χ0) is 34.8. The molecule has 3 atom stereocenters. The Morgan fingerprint density at radius 3 is 2.21 bits per heavy atom. The molecule has 2 heterocycles. The maximum absolute atomic E-state index is 14.4. The Bertz CT molecular complexity index is 1130. The van der Waals surface area contributed by atoms with E-state index in [0.717, 1.165) is 50.0 Å². The third-order valence-electron chi connectivity index (χ3n) is 8.35. The number of alkyl carbamates (subject to hydrolysis) is 1. The van der Waals surface area contributed by atoms with Crippen LogP contribution in [0.15, 0.2) is 0 Å². The van der Waals surface area contributed by atoms with Gasteiger partial charge in [-0.25, -0.2) is 4.79 Å². The average Bonchev–Trinajstić information content (AvgIpc) is 3.39. The molecule has 0 aromatic heterocycles. The maximum atomic E-state index is 14.4. The van der Waals surface area contributed by atoms with Crippen LogP contribution in [0.1, 0.15) is 99.3 Å². The molecule has 4 amide bonds. The van der Waals surface area contributed by atoms with Crippen molar-refractivity contribution < 1.29 is 38.2 Å². The molecule has 2 saturated heterocycles. The van der Waals surface area contributed by atoms with Crippen molar-refractivity contribution in [2.45, 2.75) is 127 Å². The first-order valence-electron chi connectivity index (χ1n) is 17.0. The van der Waals surface area contributed by atoms with Gasteiger partial charge in [-0.15, -0.1) is 23.5 Å². The van der Waals surface area contributed by atoms with Gasteiger partial charge in [-0.3, -0.25) is 24.0 Å². The first kappa shape index (κ1) is 39.0. The van der Waals surface area contributed by atoms with E-state index in [1.807, 2.05) is 20.8 Å². The maximum Gasteiger partial charge on any atom is 0.407 e. The van der Waals surface area contributed by atoms with E-state index in [4.69, 9.17) is 9.47 Å². The molecule has 12 nitrogen and oxygen atoms in total. The number of rotatable bonds is 13. The number of esters is 1. The monoisotopic (exact) mass is 698 g/mol. The zero-order valence-electron chi connectivity index (χ0n) is 28.8. The largest absolute Gasteiger partial charge is 0.459 e. The molecule has 1 spiro atoms. The Morgan fingerprint density at radius 1 is 0.957 bits per heavy atom.